The quantitative estimate of drug-likeness (QED) is 0.428. The Kier molecular flexibility index (Phi) is 3.67. The molecule has 0 spiro atoms. The third-order valence-electron chi connectivity index (χ3n) is 3.67. The zero-order valence-corrected chi connectivity index (χ0v) is 11.4. The third-order valence-corrected chi connectivity index (χ3v) is 3.67. The van der Waals surface area contributed by atoms with Crippen molar-refractivity contribution >= 4 is 24.4 Å². The Labute approximate surface area is 125 Å². The van der Waals surface area contributed by atoms with E-state index in [0.29, 0.717) is 11.2 Å². The van der Waals surface area contributed by atoms with E-state index >= 15 is 0 Å². The molecule has 4 atom stereocenters. The van der Waals surface area contributed by atoms with Crippen molar-refractivity contribution < 1.29 is 24.5 Å². The second kappa shape index (κ2) is 5.50. The summed E-state index contributed by atoms with van der Waals surface area (Å²) in [4.78, 5) is 8.30. The molecule has 0 amide bonds. The number of nitrogens with zero attached hydrogens (tertiary/aromatic N) is 5. The minimum absolute atomic E-state index is 0.0372. The van der Waals surface area contributed by atoms with Crippen LogP contribution in [0.1, 0.15) is 6.23 Å². The number of rotatable bonds is 3. The van der Waals surface area contributed by atoms with Gasteiger partial charge in [-0.1, -0.05) is 4.98 Å². The lowest BCUT2D eigenvalue weighted by Crippen LogP contribution is -2.42. The van der Waals surface area contributed by atoms with E-state index in [9.17, 15) is 10.2 Å². The summed E-state index contributed by atoms with van der Waals surface area (Å²) in [6, 6.07) is 0. The number of aliphatic hydroxyl groups excluding tert-OH is 3. The lowest BCUT2D eigenvalue weighted by atomic mass is 9.98. The minimum Gasteiger partial charge on any atom is -0.394 e. The van der Waals surface area contributed by atoms with E-state index in [4.69, 9.17) is 20.8 Å². The smallest absolute Gasteiger partial charge is 0.394 e. The van der Waals surface area contributed by atoms with Crippen LogP contribution in [0, 0.1) is 11.2 Å². The molecule has 3 heterocycles. The Bertz CT molecular complexity index is 746. The Morgan fingerprint density at radius 3 is 2.86 bits per heavy atom. The molecule has 0 saturated carbocycles. The number of anilines is 1. The number of nitrogens with two attached hydrogens (primary N) is 1. The molecule has 3 rings (SSSR count). The first-order chi connectivity index (χ1) is 10.6. The number of hydrogen-bond donors (Lipinski definition) is 4. The molecular weight excluding hydrogens is 291 g/mol. The molecule has 2 aromatic rings. The highest BCUT2D eigenvalue weighted by Crippen LogP contribution is 2.31. The van der Waals surface area contributed by atoms with Gasteiger partial charge >= 0.3 is 7.41 Å². The standard InChI is InChI=1S/C11H13BN6O4/c13-2-12-18-4-16-10-6(9(18)14)15-3-17(10)11-8(21)7(20)5(1-19)22-11/h3-5,7-8,11-12,14,19-21H,1H2/p+1/t5-,7-,8-,11-/m1/s1. The highest BCUT2D eigenvalue weighted by molar-refractivity contribution is 6.35. The molecule has 10 nitrogen and oxygen atoms in total. The summed E-state index contributed by atoms with van der Waals surface area (Å²) in [6.45, 7) is -0.418. The summed E-state index contributed by atoms with van der Waals surface area (Å²) in [6.07, 6.45) is -1.50. The average Bonchev–Trinajstić information content (AvgIpc) is 3.05. The van der Waals surface area contributed by atoms with E-state index in [2.05, 4.69) is 9.97 Å². The molecule has 2 aromatic heterocycles. The van der Waals surface area contributed by atoms with Crippen molar-refractivity contribution in [3.8, 4) is 5.97 Å². The van der Waals surface area contributed by atoms with Crippen LogP contribution >= 0.6 is 0 Å². The minimum atomic E-state index is -1.23. The number of ether oxygens (including phenoxy) is 1. The number of aromatic nitrogens is 4. The van der Waals surface area contributed by atoms with Crippen LogP contribution in [0.15, 0.2) is 12.7 Å². The molecular formula is C11H14BN6O4+. The van der Waals surface area contributed by atoms with Gasteiger partial charge in [-0.15, -0.1) is 0 Å². The van der Waals surface area contributed by atoms with Crippen LogP contribution in [-0.2, 0) is 4.74 Å². The van der Waals surface area contributed by atoms with Crippen molar-refractivity contribution in [2.24, 2.45) is 0 Å². The van der Waals surface area contributed by atoms with Crippen LogP contribution in [-0.4, -0.2) is 62.2 Å². The SMILES string of the molecule is N#CB[n+]1cnc2c(ncn2[C@@H]2O[C@H](CO)[C@@H](O)[C@H]2O)c1N. The predicted octanol–water partition coefficient (Wildman–Crippen LogP) is -3.41. The van der Waals surface area contributed by atoms with Gasteiger partial charge in [-0.3, -0.25) is 9.05 Å². The maximum atomic E-state index is 10.1. The van der Waals surface area contributed by atoms with Gasteiger partial charge in [0.25, 0.3) is 0 Å². The molecule has 0 bridgehead atoms. The van der Waals surface area contributed by atoms with Gasteiger partial charge in [0.2, 0.25) is 17.8 Å². The van der Waals surface area contributed by atoms with Crippen molar-refractivity contribution in [2.75, 3.05) is 12.3 Å². The summed E-state index contributed by atoms with van der Waals surface area (Å²) in [5.74, 6) is 2.22. The molecule has 1 aliphatic rings. The molecule has 0 radical (unpaired) electrons. The molecule has 1 saturated heterocycles. The topological polar surface area (TPSA) is 154 Å². The number of hydrogen-bond acceptors (Lipinski definition) is 8. The van der Waals surface area contributed by atoms with Crippen LogP contribution in [0.2, 0.25) is 0 Å². The molecule has 1 aliphatic heterocycles. The van der Waals surface area contributed by atoms with Crippen molar-refractivity contribution in [3.05, 3.63) is 12.7 Å². The number of nitriles is 1. The Morgan fingerprint density at radius 1 is 1.45 bits per heavy atom. The van der Waals surface area contributed by atoms with E-state index < -0.39 is 31.1 Å². The maximum absolute atomic E-state index is 10.1. The van der Waals surface area contributed by atoms with Gasteiger partial charge in [0.15, 0.2) is 11.7 Å². The number of fused-ring (bicyclic) bond motifs is 1. The van der Waals surface area contributed by atoms with Crippen LogP contribution < -0.4 is 10.2 Å². The van der Waals surface area contributed by atoms with Crippen LogP contribution in [0.25, 0.3) is 11.2 Å². The fraction of sp³-hybridized carbons (Fsp3) is 0.455. The highest BCUT2D eigenvalue weighted by Gasteiger charge is 2.44. The van der Waals surface area contributed by atoms with Crippen molar-refractivity contribution in [3.63, 3.8) is 0 Å². The molecule has 114 valence electrons. The van der Waals surface area contributed by atoms with E-state index in [-0.39, 0.29) is 13.2 Å². The lowest BCUT2D eigenvalue weighted by molar-refractivity contribution is -0.513. The molecule has 0 aliphatic carbocycles. The van der Waals surface area contributed by atoms with Gasteiger partial charge in [0.1, 0.15) is 24.6 Å². The molecule has 0 aromatic carbocycles. The zero-order chi connectivity index (χ0) is 15.9. The number of nitrogen functional groups attached to an aromatic ring is 1. The molecule has 11 heteroatoms. The van der Waals surface area contributed by atoms with E-state index in [1.807, 2.05) is 5.97 Å². The molecule has 22 heavy (non-hydrogen) atoms. The number of aliphatic hydroxyl groups is 3. The van der Waals surface area contributed by atoms with Crippen molar-refractivity contribution in [2.45, 2.75) is 24.5 Å². The maximum Gasteiger partial charge on any atom is 0.441 e. The Hall–Kier alpha value is -2.26. The van der Waals surface area contributed by atoms with Crippen LogP contribution in [0.3, 0.4) is 0 Å². The Balaban J connectivity index is 2.03. The Morgan fingerprint density at radius 2 is 2.23 bits per heavy atom. The highest BCUT2D eigenvalue weighted by atomic mass is 16.6. The summed E-state index contributed by atoms with van der Waals surface area (Å²) in [7, 11) is 0.0372. The summed E-state index contributed by atoms with van der Waals surface area (Å²) < 4.78 is 8.32. The third kappa shape index (κ3) is 2.09. The van der Waals surface area contributed by atoms with Crippen molar-refractivity contribution in [1.29, 1.82) is 5.26 Å². The zero-order valence-electron chi connectivity index (χ0n) is 11.4. The van der Waals surface area contributed by atoms with E-state index in [0.717, 1.165) is 0 Å². The summed E-state index contributed by atoms with van der Waals surface area (Å²) in [5.41, 5.74) is 6.64. The lowest BCUT2D eigenvalue weighted by Gasteiger charge is -2.15. The first-order valence-electron chi connectivity index (χ1n) is 6.58. The van der Waals surface area contributed by atoms with E-state index in [1.54, 1.807) is 0 Å². The predicted molar refractivity (Wildman–Crippen MR) is 73.3 cm³/mol. The second-order valence-electron chi connectivity index (χ2n) is 4.97. The molecule has 1 fully saturated rings. The summed E-state index contributed by atoms with van der Waals surface area (Å²) >= 11 is 0. The van der Waals surface area contributed by atoms with E-state index in [1.165, 1.54) is 21.7 Å². The first kappa shape index (κ1) is 14.7. The van der Waals surface area contributed by atoms with Gasteiger partial charge in [-0.05, 0) is 0 Å². The largest absolute Gasteiger partial charge is 0.441 e. The van der Waals surface area contributed by atoms with Gasteiger partial charge in [-0.25, -0.2) is 10.2 Å². The number of imidazole rings is 1. The molecule has 5 N–H and O–H groups in total. The average molecular weight is 305 g/mol. The van der Waals surface area contributed by atoms with Gasteiger partial charge < -0.3 is 25.8 Å². The van der Waals surface area contributed by atoms with Crippen molar-refractivity contribution in [1.82, 2.24) is 14.5 Å². The van der Waals surface area contributed by atoms with Crippen LogP contribution in [0.5, 0.6) is 0 Å². The normalized spacial score (nSPS) is 27.9. The molecule has 0 unspecified atom stereocenters. The van der Waals surface area contributed by atoms with Gasteiger partial charge in [-0.2, -0.15) is 0 Å². The van der Waals surface area contributed by atoms with Crippen LogP contribution in [0.4, 0.5) is 5.82 Å². The van der Waals surface area contributed by atoms with Gasteiger partial charge in [0.05, 0.1) is 12.6 Å². The second-order valence-corrected chi connectivity index (χ2v) is 4.97. The summed E-state index contributed by atoms with van der Waals surface area (Å²) in [5, 5.41) is 37.7. The van der Waals surface area contributed by atoms with Gasteiger partial charge in [0, 0.05) is 0 Å². The first-order valence-corrected chi connectivity index (χ1v) is 6.58. The monoisotopic (exact) mass is 305 g/mol. The fourth-order valence-electron chi connectivity index (χ4n) is 2.48. The fourth-order valence-corrected chi connectivity index (χ4v) is 2.48.